The van der Waals surface area contributed by atoms with Crippen molar-refractivity contribution in [2.45, 2.75) is 93.2 Å². The number of esters is 1. The molecule has 1 aromatic carbocycles. The molecule has 264 valence electrons. The lowest BCUT2D eigenvalue weighted by Crippen LogP contribution is -2.35. The van der Waals surface area contributed by atoms with Crippen LogP contribution in [0, 0.1) is 5.92 Å². The minimum absolute atomic E-state index is 0.0705. The summed E-state index contributed by atoms with van der Waals surface area (Å²) >= 11 is 0. The first-order chi connectivity index (χ1) is 22.3. The van der Waals surface area contributed by atoms with Crippen molar-refractivity contribution >= 4 is 47.7 Å². The van der Waals surface area contributed by atoms with Gasteiger partial charge in [0.15, 0.2) is 0 Å². The van der Waals surface area contributed by atoms with E-state index in [1.807, 2.05) is 27.7 Å². The molecule has 2 rings (SSSR count). The molecule has 0 radical (unpaired) electrons. The second kappa shape index (κ2) is 27.6. The second-order valence-electron chi connectivity index (χ2n) is 10.4. The number of carbonyl (C=O) groups is 7. The number of urea groups is 1. The minimum atomic E-state index is -0.443. The third kappa shape index (κ3) is 24.2. The van der Waals surface area contributed by atoms with E-state index in [-0.39, 0.29) is 48.8 Å². The fourth-order valence-electron chi connectivity index (χ4n) is 3.33. The Hall–Kier alpha value is -4.75. The van der Waals surface area contributed by atoms with Gasteiger partial charge in [-0.25, -0.2) is 4.79 Å². The quantitative estimate of drug-likeness (QED) is 0.0767. The highest BCUT2D eigenvalue weighted by atomic mass is 16.5. The van der Waals surface area contributed by atoms with E-state index < -0.39 is 6.03 Å². The van der Waals surface area contributed by atoms with Crippen LogP contribution in [0.3, 0.4) is 0 Å². The summed E-state index contributed by atoms with van der Waals surface area (Å²) in [6.45, 7) is 14.7. The van der Waals surface area contributed by atoms with E-state index in [4.69, 9.17) is 10.5 Å². The van der Waals surface area contributed by atoms with Crippen LogP contribution in [0.2, 0.25) is 0 Å². The van der Waals surface area contributed by atoms with Gasteiger partial charge in [-0.1, -0.05) is 53.2 Å². The zero-order chi connectivity index (χ0) is 36.2. The maximum Gasteiger partial charge on any atom is 0.312 e. The van der Waals surface area contributed by atoms with Crippen LogP contribution in [0.15, 0.2) is 36.4 Å². The lowest BCUT2D eigenvalue weighted by Gasteiger charge is -2.17. The molecule has 1 aliphatic heterocycles. The number of nitrogens with one attached hydrogen (secondary N) is 4. The Morgan fingerprint density at radius 3 is 2.00 bits per heavy atom. The predicted octanol–water partition coefficient (Wildman–Crippen LogP) is 3.16. The molecular formula is C33H54N6O8. The number of benzene rings is 1. The molecule has 1 aliphatic rings. The molecule has 1 unspecified atom stereocenters. The molecular weight excluding hydrogens is 608 g/mol. The number of amides is 7. The molecule has 6 N–H and O–H groups in total. The molecule has 0 aliphatic carbocycles. The summed E-state index contributed by atoms with van der Waals surface area (Å²) in [4.78, 5) is 77.2. The number of hydrogen-bond donors (Lipinski definition) is 5. The molecule has 1 atom stereocenters. The van der Waals surface area contributed by atoms with E-state index in [1.165, 1.54) is 24.0 Å². The van der Waals surface area contributed by atoms with Crippen molar-refractivity contribution in [1.82, 2.24) is 20.9 Å². The highest BCUT2D eigenvalue weighted by molar-refractivity contribution is 6.12. The van der Waals surface area contributed by atoms with Gasteiger partial charge in [0.2, 0.25) is 18.2 Å². The number of rotatable bonds is 16. The first kappa shape index (κ1) is 44.4. The van der Waals surface area contributed by atoms with Gasteiger partial charge < -0.3 is 31.7 Å². The van der Waals surface area contributed by atoms with E-state index in [1.54, 1.807) is 24.3 Å². The van der Waals surface area contributed by atoms with Crippen LogP contribution in [0.25, 0.3) is 0 Å². The normalized spacial score (nSPS) is 11.8. The van der Waals surface area contributed by atoms with Crippen molar-refractivity contribution in [1.29, 1.82) is 0 Å². The Morgan fingerprint density at radius 2 is 1.53 bits per heavy atom. The average molecular weight is 663 g/mol. The molecule has 0 fully saturated rings. The van der Waals surface area contributed by atoms with E-state index in [9.17, 15) is 33.6 Å². The molecule has 0 aromatic heterocycles. The molecule has 0 saturated carbocycles. The molecule has 1 aromatic rings. The lowest BCUT2D eigenvalue weighted by atomic mass is 10.1. The van der Waals surface area contributed by atoms with Crippen molar-refractivity contribution in [3.8, 4) is 0 Å². The number of hydrogen-bond acceptors (Lipinski definition) is 8. The Balaban J connectivity index is 0. The maximum absolute atomic E-state index is 11.6. The Labute approximate surface area is 278 Å². The number of nitrogens with two attached hydrogens (primary N) is 1. The molecule has 0 bridgehead atoms. The molecule has 47 heavy (non-hydrogen) atoms. The number of unbranched alkanes of at least 4 members (excludes halogenated alkanes) is 2. The first-order valence-electron chi connectivity index (χ1n) is 15.9. The molecule has 14 heteroatoms. The van der Waals surface area contributed by atoms with Crippen LogP contribution in [-0.2, 0) is 40.1 Å². The monoisotopic (exact) mass is 662 g/mol. The van der Waals surface area contributed by atoms with Crippen molar-refractivity contribution < 1.29 is 38.3 Å². The van der Waals surface area contributed by atoms with Crippen molar-refractivity contribution in [3.63, 3.8) is 0 Å². The summed E-state index contributed by atoms with van der Waals surface area (Å²) in [5.41, 5.74) is 6.17. The smallest absolute Gasteiger partial charge is 0.312 e. The molecule has 0 saturated heterocycles. The fraction of sp³-hybridized carbons (Fsp3) is 0.545. The number of primary amides is 1. The summed E-state index contributed by atoms with van der Waals surface area (Å²) in [6, 6.07) is 6.61. The fourth-order valence-corrected chi connectivity index (χ4v) is 3.33. The van der Waals surface area contributed by atoms with Crippen molar-refractivity contribution in [3.05, 3.63) is 42.0 Å². The van der Waals surface area contributed by atoms with Gasteiger partial charge >= 0.3 is 12.0 Å². The number of ether oxygens (including phenoxy) is 1. The third-order valence-electron chi connectivity index (χ3n) is 6.15. The highest BCUT2D eigenvalue weighted by Crippen LogP contribution is 2.11. The second-order valence-corrected chi connectivity index (χ2v) is 10.4. The predicted molar refractivity (Wildman–Crippen MR) is 181 cm³/mol. The summed E-state index contributed by atoms with van der Waals surface area (Å²) in [5, 5.41) is 10.3. The molecule has 7 amide bonds. The number of nitrogens with zero attached hydrogens (tertiary/aromatic N) is 1. The standard InChI is InChI=1S/C15H24N2O3.C12H14N2O4.C4H10N2O.C2H6/c1-11(2)12(3)16-13(18)7-5-4-6-10-17-14(19)8-9-15(17)20;1-9(16)18-7-10-2-4-11(5-3-10)14-12(17)6-13-8-15;1-2-3-6-4(5)7;1-2/h8-9,11-12H,4-7,10H2,1-3H3,(H,16,18);2-5,8H,6-7H2,1H3,(H,13,15)(H,14,17);2-3H2,1H3,(H3,5,6,7);1-2H3. The largest absolute Gasteiger partial charge is 0.461 e. The summed E-state index contributed by atoms with van der Waals surface area (Å²) in [6.07, 6.45) is 6.83. The summed E-state index contributed by atoms with van der Waals surface area (Å²) in [5.74, 6) is -0.626. The topological polar surface area (TPSA) is 206 Å². The van der Waals surface area contributed by atoms with E-state index in [0.717, 1.165) is 31.2 Å². The minimum Gasteiger partial charge on any atom is -0.461 e. The van der Waals surface area contributed by atoms with Gasteiger partial charge in [-0.05, 0) is 49.8 Å². The SMILES string of the molecule is CC.CC(=O)OCc1ccc(NC(=O)CNC=O)cc1.CC(C)C(C)NC(=O)CCCCCN1C(=O)C=CC1=O.CCCNC(N)=O. The number of imide groups is 1. The Morgan fingerprint density at radius 1 is 0.936 bits per heavy atom. The first-order valence-corrected chi connectivity index (χ1v) is 15.9. The zero-order valence-corrected chi connectivity index (χ0v) is 28.9. The Kier molecular flexibility index (Phi) is 26.0. The van der Waals surface area contributed by atoms with Crippen LogP contribution in [0.1, 0.15) is 86.1 Å². The van der Waals surface area contributed by atoms with Gasteiger partial charge in [-0.15, -0.1) is 0 Å². The van der Waals surface area contributed by atoms with Gasteiger partial charge in [-0.3, -0.25) is 33.7 Å². The van der Waals surface area contributed by atoms with Gasteiger partial charge in [0.05, 0.1) is 6.54 Å². The summed E-state index contributed by atoms with van der Waals surface area (Å²) in [7, 11) is 0. The van der Waals surface area contributed by atoms with E-state index in [0.29, 0.717) is 37.5 Å². The van der Waals surface area contributed by atoms with Crippen LogP contribution < -0.4 is 27.0 Å². The molecule has 0 spiro atoms. The van der Waals surface area contributed by atoms with Crippen LogP contribution in [0.4, 0.5) is 10.5 Å². The maximum atomic E-state index is 11.6. The van der Waals surface area contributed by atoms with E-state index >= 15 is 0 Å². The van der Waals surface area contributed by atoms with E-state index in [2.05, 4.69) is 35.1 Å². The number of anilines is 1. The van der Waals surface area contributed by atoms with Crippen LogP contribution in [-0.4, -0.2) is 72.6 Å². The lowest BCUT2D eigenvalue weighted by molar-refractivity contribution is -0.142. The van der Waals surface area contributed by atoms with Crippen LogP contribution >= 0.6 is 0 Å². The third-order valence-corrected chi connectivity index (χ3v) is 6.15. The number of carbonyl (C=O) groups excluding carboxylic acids is 7. The zero-order valence-electron chi connectivity index (χ0n) is 28.9. The van der Waals surface area contributed by atoms with Gasteiger partial charge in [0, 0.05) is 50.3 Å². The van der Waals surface area contributed by atoms with Crippen molar-refractivity contribution in [2.24, 2.45) is 11.7 Å². The molecule has 14 nitrogen and oxygen atoms in total. The van der Waals surface area contributed by atoms with Crippen LogP contribution in [0.5, 0.6) is 0 Å². The van der Waals surface area contributed by atoms with Crippen molar-refractivity contribution in [2.75, 3.05) is 25.0 Å². The highest BCUT2D eigenvalue weighted by Gasteiger charge is 2.22. The van der Waals surface area contributed by atoms with Gasteiger partial charge in [0.25, 0.3) is 11.8 Å². The average Bonchev–Trinajstić information content (AvgIpc) is 3.36. The summed E-state index contributed by atoms with van der Waals surface area (Å²) < 4.78 is 4.83. The van der Waals surface area contributed by atoms with Gasteiger partial charge in [0.1, 0.15) is 6.61 Å². The molecule has 1 heterocycles. The Bertz CT molecular complexity index is 1120. The van der Waals surface area contributed by atoms with Gasteiger partial charge in [-0.2, -0.15) is 0 Å².